The second-order valence-corrected chi connectivity index (χ2v) is 7.34. The lowest BCUT2D eigenvalue weighted by atomic mass is 10.0. The highest BCUT2D eigenvalue weighted by Gasteiger charge is 2.14. The molecule has 0 aliphatic carbocycles. The number of nitrogens with one attached hydrogen (secondary N) is 2. The van der Waals surface area contributed by atoms with Crippen LogP contribution in [0.5, 0.6) is 0 Å². The minimum atomic E-state index is 0. The molecule has 1 saturated heterocycles. The Morgan fingerprint density at radius 2 is 1.79 bits per heavy atom. The molecule has 2 unspecified atom stereocenters. The molecule has 6 heteroatoms. The zero-order valence-corrected chi connectivity index (χ0v) is 18.6. The quantitative estimate of drug-likeness (QED) is 0.320. The van der Waals surface area contributed by atoms with Crippen molar-refractivity contribution in [2.75, 3.05) is 46.4 Å². The van der Waals surface area contributed by atoms with Crippen molar-refractivity contribution in [2.24, 2.45) is 16.8 Å². The molecule has 24 heavy (non-hydrogen) atoms. The van der Waals surface area contributed by atoms with E-state index in [0.29, 0.717) is 12.0 Å². The Bertz CT molecular complexity index is 333. The summed E-state index contributed by atoms with van der Waals surface area (Å²) in [6.07, 6.45) is 3.77. The average Bonchev–Trinajstić information content (AvgIpc) is 2.52. The van der Waals surface area contributed by atoms with E-state index in [-0.39, 0.29) is 24.0 Å². The van der Waals surface area contributed by atoms with Gasteiger partial charge in [0.25, 0.3) is 0 Å². The van der Waals surface area contributed by atoms with Crippen molar-refractivity contribution in [3.8, 4) is 0 Å². The molecule has 1 fully saturated rings. The first-order chi connectivity index (χ1) is 11.0. The van der Waals surface area contributed by atoms with Crippen LogP contribution in [0.25, 0.3) is 0 Å². The smallest absolute Gasteiger partial charge is 0.191 e. The Morgan fingerprint density at radius 3 is 2.38 bits per heavy atom. The third-order valence-electron chi connectivity index (χ3n) is 4.32. The Balaban J connectivity index is 0.00000529. The van der Waals surface area contributed by atoms with E-state index < -0.39 is 0 Å². The van der Waals surface area contributed by atoms with E-state index in [1.54, 1.807) is 0 Å². The first-order valence-electron chi connectivity index (χ1n) is 9.28. The van der Waals surface area contributed by atoms with Crippen LogP contribution in [0, 0.1) is 11.8 Å². The van der Waals surface area contributed by atoms with E-state index in [2.05, 4.69) is 48.2 Å². The summed E-state index contributed by atoms with van der Waals surface area (Å²) in [6.45, 7) is 15.0. The Morgan fingerprint density at radius 1 is 1.12 bits per heavy atom. The van der Waals surface area contributed by atoms with Crippen LogP contribution in [0.3, 0.4) is 0 Å². The highest BCUT2D eigenvalue weighted by molar-refractivity contribution is 14.0. The van der Waals surface area contributed by atoms with Gasteiger partial charge in [0.1, 0.15) is 0 Å². The first-order valence-corrected chi connectivity index (χ1v) is 9.28. The molecule has 144 valence electrons. The number of nitrogens with zero attached hydrogens (tertiary/aromatic N) is 2. The van der Waals surface area contributed by atoms with Crippen LogP contribution in [0.15, 0.2) is 4.99 Å². The van der Waals surface area contributed by atoms with Gasteiger partial charge in [-0.1, -0.05) is 33.6 Å². The predicted octanol–water partition coefficient (Wildman–Crippen LogP) is 2.95. The minimum Gasteiger partial charge on any atom is -0.379 e. The monoisotopic (exact) mass is 454 g/mol. The van der Waals surface area contributed by atoms with Gasteiger partial charge in [-0.3, -0.25) is 9.89 Å². The van der Waals surface area contributed by atoms with Gasteiger partial charge in [-0.25, -0.2) is 0 Å². The molecule has 1 rings (SSSR count). The fourth-order valence-corrected chi connectivity index (χ4v) is 2.89. The van der Waals surface area contributed by atoms with Crippen LogP contribution in [-0.4, -0.2) is 63.3 Å². The summed E-state index contributed by atoms with van der Waals surface area (Å²) in [5.74, 6) is 2.32. The van der Waals surface area contributed by atoms with Crippen molar-refractivity contribution < 1.29 is 4.74 Å². The zero-order valence-electron chi connectivity index (χ0n) is 16.3. The third kappa shape index (κ3) is 11.5. The van der Waals surface area contributed by atoms with Crippen molar-refractivity contribution in [2.45, 2.75) is 53.0 Å². The molecule has 0 amide bonds. The zero-order chi connectivity index (χ0) is 17.1. The molecule has 0 aromatic heterocycles. The first kappa shape index (κ1) is 23.9. The van der Waals surface area contributed by atoms with Crippen molar-refractivity contribution in [1.82, 2.24) is 15.5 Å². The molecule has 1 heterocycles. The van der Waals surface area contributed by atoms with Gasteiger partial charge in [-0.15, -0.1) is 24.0 Å². The van der Waals surface area contributed by atoms with Gasteiger partial charge in [0, 0.05) is 39.3 Å². The predicted molar refractivity (Wildman–Crippen MR) is 114 cm³/mol. The van der Waals surface area contributed by atoms with E-state index >= 15 is 0 Å². The molecule has 0 aromatic rings. The fourth-order valence-electron chi connectivity index (χ4n) is 2.89. The highest BCUT2D eigenvalue weighted by atomic mass is 127. The summed E-state index contributed by atoms with van der Waals surface area (Å²) in [5.41, 5.74) is 0. The number of hydrogen-bond donors (Lipinski definition) is 2. The molecule has 5 nitrogen and oxygen atoms in total. The van der Waals surface area contributed by atoms with E-state index in [9.17, 15) is 0 Å². The largest absolute Gasteiger partial charge is 0.379 e. The molecule has 2 N–H and O–H groups in total. The maximum absolute atomic E-state index is 5.40. The number of guanidine groups is 1. The fraction of sp³-hybridized carbons (Fsp3) is 0.944. The molecule has 0 radical (unpaired) electrons. The van der Waals surface area contributed by atoms with Crippen LogP contribution in [-0.2, 0) is 4.74 Å². The number of halogens is 1. The molecule has 0 spiro atoms. The van der Waals surface area contributed by atoms with Crippen LogP contribution < -0.4 is 10.6 Å². The minimum absolute atomic E-state index is 0. The Labute approximate surface area is 166 Å². The van der Waals surface area contributed by atoms with E-state index in [4.69, 9.17) is 4.74 Å². The number of rotatable bonds is 9. The standard InChI is InChI=1S/C18H38N4O.HI/c1-15(2)7-6-8-17(4)21-18(19-5)20-13-16(3)14-22-9-11-23-12-10-22;/h15-17H,6-14H2,1-5H3,(H2,19,20,21);1H. The summed E-state index contributed by atoms with van der Waals surface area (Å²) in [7, 11) is 1.85. The molecule has 2 atom stereocenters. The molecule has 0 bridgehead atoms. The third-order valence-corrected chi connectivity index (χ3v) is 4.32. The number of ether oxygens (including phenoxy) is 1. The van der Waals surface area contributed by atoms with Gasteiger partial charge in [-0.05, 0) is 25.2 Å². The van der Waals surface area contributed by atoms with Crippen LogP contribution >= 0.6 is 24.0 Å². The summed E-state index contributed by atoms with van der Waals surface area (Å²) < 4.78 is 5.40. The second-order valence-electron chi connectivity index (χ2n) is 7.34. The Kier molecular flexibility index (Phi) is 14.1. The van der Waals surface area contributed by atoms with E-state index in [0.717, 1.165) is 51.3 Å². The van der Waals surface area contributed by atoms with Crippen molar-refractivity contribution >= 4 is 29.9 Å². The summed E-state index contributed by atoms with van der Waals surface area (Å²) in [5, 5.41) is 6.97. The second kappa shape index (κ2) is 14.1. The Hall–Kier alpha value is -0.0800. The summed E-state index contributed by atoms with van der Waals surface area (Å²) in [4.78, 5) is 6.84. The van der Waals surface area contributed by atoms with Gasteiger partial charge in [0.15, 0.2) is 5.96 Å². The summed E-state index contributed by atoms with van der Waals surface area (Å²) >= 11 is 0. The number of morpholine rings is 1. The maximum Gasteiger partial charge on any atom is 0.191 e. The van der Waals surface area contributed by atoms with Crippen molar-refractivity contribution in [3.63, 3.8) is 0 Å². The van der Waals surface area contributed by atoms with Gasteiger partial charge in [0.2, 0.25) is 0 Å². The van der Waals surface area contributed by atoms with E-state index in [1.165, 1.54) is 19.3 Å². The lowest BCUT2D eigenvalue weighted by molar-refractivity contribution is 0.0320. The summed E-state index contributed by atoms with van der Waals surface area (Å²) in [6, 6.07) is 0.467. The maximum atomic E-state index is 5.40. The molecular weight excluding hydrogens is 415 g/mol. The number of aliphatic imine (C=N–C) groups is 1. The van der Waals surface area contributed by atoms with Gasteiger partial charge in [0.05, 0.1) is 13.2 Å². The molecular formula is C18H39IN4O. The lowest BCUT2D eigenvalue weighted by Crippen LogP contribution is -2.46. The van der Waals surface area contributed by atoms with Crippen LogP contribution in [0.1, 0.15) is 47.0 Å². The topological polar surface area (TPSA) is 48.9 Å². The average molecular weight is 454 g/mol. The van der Waals surface area contributed by atoms with Crippen molar-refractivity contribution in [3.05, 3.63) is 0 Å². The number of hydrogen-bond acceptors (Lipinski definition) is 3. The SMILES string of the molecule is CN=C(NCC(C)CN1CCOCC1)NC(C)CCCC(C)C.I. The lowest BCUT2D eigenvalue weighted by Gasteiger charge is -2.29. The van der Waals surface area contributed by atoms with Gasteiger partial charge >= 0.3 is 0 Å². The normalized spacial score (nSPS) is 18.8. The van der Waals surface area contributed by atoms with Gasteiger partial charge in [-0.2, -0.15) is 0 Å². The molecule has 0 saturated carbocycles. The van der Waals surface area contributed by atoms with E-state index in [1.807, 2.05) is 7.05 Å². The van der Waals surface area contributed by atoms with Crippen LogP contribution in [0.2, 0.25) is 0 Å². The molecule has 1 aliphatic rings. The molecule has 0 aromatic carbocycles. The van der Waals surface area contributed by atoms with Crippen molar-refractivity contribution in [1.29, 1.82) is 0 Å². The molecule has 1 aliphatic heterocycles. The highest BCUT2D eigenvalue weighted by Crippen LogP contribution is 2.08. The van der Waals surface area contributed by atoms with Crippen LogP contribution in [0.4, 0.5) is 0 Å². The van der Waals surface area contributed by atoms with Gasteiger partial charge < -0.3 is 15.4 Å².